The van der Waals surface area contributed by atoms with Crippen molar-refractivity contribution in [3.63, 3.8) is 0 Å². The first-order chi connectivity index (χ1) is 12.3. The summed E-state index contributed by atoms with van der Waals surface area (Å²) in [5.74, 6) is -0.962. The highest BCUT2D eigenvalue weighted by molar-refractivity contribution is 7.89. The summed E-state index contributed by atoms with van der Waals surface area (Å²) in [5, 5.41) is 23.0. The quantitative estimate of drug-likeness (QED) is 0.400. The van der Waals surface area contributed by atoms with Crippen molar-refractivity contribution < 1.29 is 28.0 Å². The van der Waals surface area contributed by atoms with Gasteiger partial charge in [0.15, 0.2) is 6.61 Å². The van der Waals surface area contributed by atoms with Crippen LogP contribution in [0, 0.1) is 10.1 Å². The molecule has 10 nitrogen and oxygen atoms in total. The summed E-state index contributed by atoms with van der Waals surface area (Å²) in [4.78, 5) is 22.2. The fourth-order valence-electron chi connectivity index (χ4n) is 1.84. The van der Waals surface area contributed by atoms with E-state index in [0.717, 1.165) is 12.3 Å². The number of carboxylic acids is 1. The van der Waals surface area contributed by atoms with E-state index in [2.05, 4.69) is 5.10 Å². The highest BCUT2D eigenvalue weighted by Crippen LogP contribution is 2.18. The molecule has 0 amide bonds. The molecule has 0 aliphatic rings. The van der Waals surface area contributed by atoms with Crippen LogP contribution in [0.5, 0.6) is 5.75 Å². The Balaban J connectivity index is 2.16. The van der Waals surface area contributed by atoms with E-state index in [4.69, 9.17) is 9.84 Å². The van der Waals surface area contributed by atoms with E-state index in [1.54, 1.807) is 18.2 Å². The lowest BCUT2D eigenvalue weighted by Crippen LogP contribution is -2.18. The van der Waals surface area contributed by atoms with Crippen LogP contribution < -0.4 is 9.57 Å². The van der Waals surface area contributed by atoms with Crippen LogP contribution in [0.2, 0.25) is 0 Å². The fourth-order valence-corrected chi connectivity index (χ4v) is 2.67. The van der Waals surface area contributed by atoms with Crippen molar-refractivity contribution in [2.75, 3.05) is 6.61 Å². The molecule has 0 heterocycles. The summed E-state index contributed by atoms with van der Waals surface area (Å²) >= 11 is 0. The zero-order valence-corrected chi connectivity index (χ0v) is 13.9. The Morgan fingerprint density at radius 1 is 1.27 bits per heavy atom. The Bertz CT molecular complexity index is 957. The Morgan fingerprint density at radius 3 is 2.69 bits per heavy atom. The number of hydrogen-bond donors (Lipinski definition) is 2. The van der Waals surface area contributed by atoms with Crippen molar-refractivity contribution in [3.8, 4) is 5.75 Å². The third-order valence-electron chi connectivity index (χ3n) is 2.99. The van der Waals surface area contributed by atoms with Crippen LogP contribution in [0.4, 0.5) is 5.69 Å². The van der Waals surface area contributed by atoms with Gasteiger partial charge in [-0.15, -0.1) is 0 Å². The SMILES string of the molecule is O=C(O)COc1ccccc1C=NNS(=O)(=O)c1cccc([N+](=O)[O-])c1. The summed E-state index contributed by atoms with van der Waals surface area (Å²) in [6, 6.07) is 10.8. The molecule has 0 unspecified atom stereocenters. The van der Waals surface area contributed by atoms with Gasteiger partial charge in [-0.2, -0.15) is 13.5 Å². The van der Waals surface area contributed by atoms with E-state index in [-0.39, 0.29) is 16.3 Å². The van der Waals surface area contributed by atoms with Crippen molar-refractivity contribution in [3.05, 3.63) is 64.2 Å². The van der Waals surface area contributed by atoms with Gasteiger partial charge in [-0.1, -0.05) is 18.2 Å². The first-order valence-corrected chi connectivity index (χ1v) is 8.51. The minimum Gasteiger partial charge on any atom is -0.481 e. The largest absolute Gasteiger partial charge is 0.481 e. The first kappa shape index (κ1) is 18.9. The summed E-state index contributed by atoms with van der Waals surface area (Å²) in [5.41, 5.74) is -0.0280. The van der Waals surface area contributed by atoms with Crippen LogP contribution >= 0.6 is 0 Å². The average molecular weight is 379 g/mol. The van der Waals surface area contributed by atoms with Gasteiger partial charge in [-0.05, 0) is 18.2 Å². The van der Waals surface area contributed by atoms with Gasteiger partial charge in [0.2, 0.25) is 0 Å². The van der Waals surface area contributed by atoms with Gasteiger partial charge >= 0.3 is 5.97 Å². The minimum atomic E-state index is -4.11. The molecule has 0 atom stereocenters. The first-order valence-electron chi connectivity index (χ1n) is 7.02. The molecule has 0 saturated heterocycles. The normalized spacial score (nSPS) is 11.2. The van der Waals surface area contributed by atoms with Gasteiger partial charge in [0.05, 0.1) is 16.0 Å². The van der Waals surface area contributed by atoms with Crippen molar-refractivity contribution in [2.45, 2.75) is 4.90 Å². The number of nitrogens with zero attached hydrogens (tertiary/aromatic N) is 2. The average Bonchev–Trinajstić information content (AvgIpc) is 2.60. The highest BCUT2D eigenvalue weighted by Gasteiger charge is 2.16. The van der Waals surface area contributed by atoms with Crippen molar-refractivity contribution in [2.24, 2.45) is 5.10 Å². The van der Waals surface area contributed by atoms with Crippen LogP contribution in [0.3, 0.4) is 0 Å². The third-order valence-corrected chi connectivity index (χ3v) is 4.21. The number of ether oxygens (including phenoxy) is 1. The maximum absolute atomic E-state index is 12.1. The van der Waals surface area contributed by atoms with Crippen LogP contribution in [0.15, 0.2) is 58.5 Å². The number of nitrogens with one attached hydrogen (secondary N) is 1. The molecule has 2 aromatic carbocycles. The van der Waals surface area contributed by atoms with E-state index < -0.39 is 27.5 Å². The number of benzene rings is 2. The van der Waals surface area contributed by atoms with Crippen molar-refractivity contribution in [1.82, 2.24) is 4.83 Å². The van der Waals surface area contributed by atoms with Crippen molar-refractivity contribution >= 4 is 27.9 Å². The lowest BCUT2D eigenvalue weighted by molar-refractivity contribution is -0.385. The van der Waals surface area contributed by atoms with Crippen LogP contribution in [-0.4, -0.2) is 37.2 Å². The highest BCUT2D eigenvalue weighted by atomic mass is 32.2. The molecule has 0 aliphatic carbocycles. The van der Waals surface area contributed by atoms with E-state index in [9.17, 15) is 23.3 Å². The fraction of sp³-hybridized carbons (Fsp3) is 0.0667. The Morgan fingerprint density at radius 2 is 2.00 bits per heavy atom. The zero-order chi connectivity index (χ0) is 19.2. The minimum absolute atomic E-state index is 0.202. The van der Waals surface area contributed by atoms with E-state index >= 15 is 0 Å². The molecule has 2 aromatic rings. The Hall–Kier alpha value is -3.47. The molecular formula is C15H13N3O7S. The zero-order valence-electron chi connectivity index (χ0n) is 13.1. The van der Waals surface area contributed by atoms with Gasteiger partial charge in [-0.25, -0.2) is 9.63 Å². The monoisotopic (exact) mass is 379 g/mol. The molecule has 136 valence electrons. The predicted octanol–water partition coefficient (Wildman–Crippen LogP) is 1.37. The summed E-state index contributed by atoms with van der Waals surface area (Å²) in [7, 11) is -4.11. The molecule has 0 aromatic heterocycles. The number of hydrazone groups is 1. The number of rotatable bonds is 8. The van der Waals surface area contributed by atoms with E-state index in [0.29, 0.717) is 5.56 Å². The second-order valence-corrected chi connectivity index (χ2v) is 6.49. The second-order valence-electron chi connectivity index (χ2n) is 4.83. The third kappa shape index (κ3) is 5.01. The Kier molecular flexibility index (Phi) is 5.86. The number of nitro benzene ring substituents is 1. The standard InChI is InChI=1S/C15H13N3O7S/c19-15(20)10-25-14-7-2-1-4-11(14)9-16-17-26(23,24)13-6-3-5-12(8-13)18(21)22/h1-9,17H,10H2,(H,19,20). The van der Waals surface area contributed by atoms with Crippen molar-refractivity contribution in [1.29, 1.82) is 0 Å². The molecule has 0 aliphatic heterocycles. The molecule has 0 radical (unpaired) electrons. The molecule has 0 fully saturated rings. The molecule has 0 saturated carbocycles. The molecule has 26 heavy (non-hydrogen) atoms. The smallest absolute Gasteiger partial charge is 0.341 e. The number of carbonyl (C=O) groups is 1. The Labute approximate surface area is 147 Å². The second kappa shape index (κ2) is 8.07. The summed E-state index contributed by atoms with van der Waals surface area (Å²) in [6.45, 7) is -0.565. The van der Waals surface area contributed by atoms with E-state index in [1.165, 1.54) is 24.3 Å². The number of aliphatic carboxylic acids is 1. The maximum Gasteiger partial charge on any atom is 0.341 e. The number of carboxylic acid groups (broad SMARTS) is 1. The van der Waals surface area contributed by atoms with Crippen LogP contribution in [-0.2, 0) is 14.8 Å². The lowest BCUT2D eigenvalue weighted by atomic mass is 10.2. The number of para-hydroxylation sites is 1. The number of nitro groups is 1. The topological polar surface area (TPSA) is 148 Å². The summed E-state index contributed by atoms with van der Waals surface area (Å²) in [6.07, 6.45) is 1.13. The molecule has 2 rings (SSSR count). The van der Waals surface area contributed by atoms with Gasteiger partial charge in [0.1, 0.15) is 5.75 Å². The lowest BCUT2D eigenvalue weighted by Gasteiger charge is -2.06. The predicted molar refractivity (Wildman–Crippen MR) is 90.6 cm³/mol. The number of sulfonamides is 1. The molecule has 2 N–H and O–H groups in total. The van der Waals surface area contributed by atoms with Gasteiger partial charge in [0.25, 0.3) is 15.7 Å². The van der Waals surface area contributed by atoms with Gasteiger partial charge < -0.3 is 9.84 Å². The van der Waals surface area contributed by atoms with Gasteiger partial charge in [-0.3, -0.25) is 10.1 Å². The van der Waals surface area contributed by atoms with E-state index in [1.807, 2.05) is 4.83 Å². The van der Waals surface area contributed by atoms with Crippen LogP contribution in [0.25, 0.3) is 0 Å². The molecule has 11 heteroatoms. The summed E-state index contributed by atoms with van der Waals surface area (Å²) < 4.78 is 29.3. The number of hydrogen-bond acceptors (Lipinski definition) is 7. The van der Waals surface area contributed by atoms with Gasteiger partial charge in [0, 0.05) is 17.7 Å². The number of non-ortho nitro benzene ring substituents is 1. The van der Waals surface area contributed by atoms with Crippen LogP contribution in [0.1, 0.15) is 5.56 Å². The molecule has 0 bridgehead atoms. The molecule has 0 spiro atoms. The molecular weight excluding hydrogens is 366 g/mol. The maximum atomic E-state index is 12.1.